The summed E-state index contributed by atoms with van der Waals surface area (Å²) in [5.41, 5.74) is 3.98. The first-order valence-electron chi connectivity index (χ1n) is 7.84. The Labute approximate surface area is 139 Å². The summed E-state index contributed by atoms with van der Waals surface area (Å²) in [7, 11) is 1.65. The highest BCUT2D eigenvalue weighted by molar-refractivity contribution is 5.96. The van der Waals surface area contributed by atoms with Gasteiger partial charge in [-0.3, -0.25) is 9.89 Å². The Balaban J connectivity index is 1.90. The van der Waals surface area contributed by atoms with E-state index in [9.17, 15) is 4.79 Å². The third-order valence-electron chi connectivity index (χ3n) is 4.38. The van der Waals surface area contributed by atoms with Gasteiger partial charge in [0.15, 0.2) is 5.82 Å². The zero-order chi connectivity index (χ0) is 16.5. The lowest BCUT2D eigenvalue weighted by Gasteiger charge is -2.24. The summed E-state index contributed by atoms with van der Waals surface area (Å²) in [4.78, 5) is 12.1. The van der Waals surface area contributed by atoms with Crippen LogP contribution in [0.4, 0.5) is 5.82 Å². The van der Waals surface area contributed by atoms with E-state index in [0.29, 0.717) is 12.2 Å². The first kappa shape index (κ1) is 14.5. The molecule has 5 nitrogen and oxygen atoms in total. The van der Waals surface area contributed by atoms with Crippen LogP contribution in [-0.2, 0) is 4.79 Å². The number of para-hydroxylation sites is 1. The van der Waals surface area contributed by atoms with Crippen LogP contribution in [0, 0.1) is 0 Å². The number of amides is 1. The van der Waals surface area contributed by atoms with E-state index < -0.39 is 0 Å². The van der Waals surface area contributed by atoms with Gasteiger partial charge in [0.2, 0.25) is 5.91 Å². The molecule has 1 aromatic heterocycles. The van der Waals surface area contributed by atoms with E-state index in [1.807, 2.05) is 54.6 Å². The molecular formula is C19H17N3O2. The van der Waals surface area contributed by atoms with Crippen molar-refractivity contribution in [1.29, 1.82) is 0 Å². The molecule has 120 valence electrons. The summed E-state index contributed by atoms with van der Waals surface area (Å²) in [5.74, 6) is 1.24. The maximum atomic E-state index is 12.1. The van der Waals surface area contributed by atoms with Gasteiger partial charge in [0, 0.05) is 23.5 Å². The van der Waals surface area contributed by atoms with Crippen molar-refractivity contribution >= 4 is 11.7 Å². The minimum Gasteiger partial charge on any atom is -0.496 e. The topological polar surface area (TPSA) is 67.0 Å². The van der Waals surface area contributed by atoms with E-state index in [1.54, 1.807) is 7.11 Å². The van der Waals surface area contributed by atoms with Gasteiger partial charge in [-0.2, -0.15) is 5.10 Å². The van der Waals surface area contributed by atoms with Crippen LogP contribution in [0.15, 0.2) is 54.6 Å². The molecule has 0 spiro atoms. The second kappa shape index (κ2) is 5.85. The van der Waals surface area contributed by atoms with Crippen molar-refractivity contribution in [3.63, 3.8) is 0 Å². The number of ether oxygens (including phenoxy) is 1. The van der Waals surface area contributed by atoms with Gasteiger partial charge in [-0.25, -0.2) is 0 Å². The normalized spacial score (nSPS) is 16.4. The largest absolute Gasteiger partial charge is 0.496 e. The summed E-state index contributed by atoms with van der Waals surface area (Å²) < 4.78 is 5.51. The van der Waals surface area contributed by atoms with Crippen LogP contribution in [-0.4, -0.2) is 23.2 Å². The maximum absolute atomic E-state index is 12.1. The zero-order valence-corrected chi connectivity index (χ0v) is 13.2. The van der Waals surface area contributed by atoms with E-state index in [-0.39, 0.29) is 11.8 Å². The average Bonchev–Trinajstić information content (AvgIpc) is 3.05. The molecule has 1 aliphatic heterocycles. The van der Waals surface area contributed by atoms with Gasteiger partial charge in [-0.1, -0.05) is 48.5 Å². The van der Waals surface area contributed by atoms with Crippen molar-refractivity contribution in [1.82, 2.24) is 10.2 Å². The van der Waals surface area contributed by atoms with Crippen molar-refractivity contribution in [3.05, 3.63) is 65.7 Å². The fraction of sp³-hybridized carbons (Fsp3) is 0.158. The molecule has 4 rings (SSSR count). The fourth-order valence-corrected chi connectivity index (χ4v) is 3.30. The number of fused-ring (bicyclic) bond motifs is 1. The lowest BCUT2D eigenvalue weighted by molar-refractivity contribution is -0.116. The van der Waals surface area contributed by atoms with E-state index >= 15 is 0 Å². The van der Waals surface area contributed by atoms with E-state index in [0.717, 1.165) is 28.1 Å². The Bertz CT molecular complexity index is 887. The molecular weight excluding hydrogens is 302 g/mol. The Morgan fingerprint density at radius 3 is 2.62 bits per heavy atom. The standard InChI is InChI=1S/C19H17N3O2/c1-24-15-10-6-5-9-13(15)14-11-16(23)20-19-17(14)18(21-22-19)12-7-3-2-4-8-12/h2-10,14H,11H2,1H3,(H2,20,21,22,23). The number of nitrogens with zero attached hydrogens (tertiary/aromatic N) is 1. The summed E-state index contributed by atoms with van der Waals surface area (Å²) >= 11 is 0. The molecule has 5 heteroatoms. The molecule has 0 fully saturated rings. The highest BCUT2D eigenvalue weighted by atomic mass is 16.5. The van der Waals surface area contributed by atoms with Gasteiger partial charge in [0.25, 0.3) is 0 Å². The van der Waals surface area contributed by atoms with E-state index in [2.05, 4.69) is 15.5 Å². The van der Waals surface area contributed by atoms with Gasteiger partial charge < -0.3 is 10.1 Å². The molecule has 1 amide bonds. The molecule has 1 atom stereocenters. The predicted molar refractivity (Wildman–Crippen MR) is 92.1 cm³/mol. The first-order valence-corrected chi connectivity index (χ1v) is 7.84. The number of nitrogens with one attached hydrogen (secondary N) is 2. The molecule has 0 saturated carbocycles. The Morgan fingerprint density at radius 1 is 1.08 bits per heavy atom. The molecule has 1 unspecified atom stereocenters. The van der Waals surface area contributed by atoms with Gasteiger partial charge in [-0.15, -0.1) is 0 Å². The molecule has 2 heterocycles. The molecule has 0 bridgehead atoms. The molecule has 0 saturated heterocycles. The Hall–Kier alpha value is -3.08. The number of anilines is 1. The van der Waals surface area contributed by atoms with E-state index in [1.165, 1.54) is 0 Å². The molecule has 2 aromatic carbocycles. The number of aromatic amines is 1. The SMILES string of the molecule is COc1ccccc1C1CC(=O)Nc2n[nH]c(-c3ccccc3)c21. The van der Waals surface area contributed by atoms with Crippen LogP contribution < -0.4 is 10.1 Å². The first-order chi connectivity index (χ1) is 11.8. The number of carbonyl (C=O) groups is 1. The fourth-order valence-electron chi connectivity index (χ4n) is 3.30. The summed E-state index contributed by atoms with van der Waals surface area (Å²) in [5, 5.41) is 10.3. The number of methoxy groups -OCH3 is 1. The number of rotatable bonds is 3. The van der Waals surface area contributed by atoms with Gasteiger partial charge >= 0.3 is 0 Å². The number of hydrogen-bond acceptors (Lipinski definition) is 3. The van der Waals surface area contributed by atoms with Crippen LogP contribution in [0.3, 0.4) is 0 Å². The quantitative estimate of drug-likeness (QED) is 0.775. The van der Waals surface area contributed by atoms with Crippen molar-refractivity contribution in [2.75, 3.05) is 12.4 Å². The van der Waals surface area contributed by atoms with Gasteiger partial charge in [-0.05, 0) is 11.6 Å². The number of carbonyl (C=O) groups excluding carboxylic acids is 1. The van der Waals surface area contributed by atoms with Gasteiger partial charge in [0.1, 0.15) is 5.75 Å². The van der Waals surface area contributed by atoms with E-state index in [4.69, 9.17) is 4.74 Å². The highest BCUT2D eigenvalue weighted by Crippen LogP contribution is 2.44. The molecule has 0 aliphatic carbocycles. The van der Waals surface area contributed by atoms with Crippen molar-refractivity contribution in [3.8, 4) is 17.0 Å². The van der Waals surface area contributed by atoms with Crippen LogP contribution in [0.2, 0.25) is 0 Å². The molecule has 3 aromatic rings. The predicted octanol–water partition coefficient (Wildman–Crippen LogP) is 3.56. The lowest BCUT2D eigenvalue weighted by atomic mass is 9.84. The Kier molecular flexibility index (Phi) is 3.54. The summed E-state index contributed by atoms with van der Waals surface area (Å²) in [6.07, 6.45) is 0.368. The van der Waals surface area contributed by atoms with Crippen LogP contribution >= 0.6 is 0 Å². The van der Waals surface area contributed by atoms with Crippen LogP contribution in [0.5, 0.6) is 5.75 Å². The molecule has 1 aliphatic rings. The van der Waals surface area contributed by atoms with Crippen LogP contribution in [0.1, 0.15) is 23.5 Å². The third-order valence-corrected chi connectivity index (χ3v) is 4.38. The summed E-state index contributed by atoms with van der Waals surface area (Å²) in [6.45, 7) is 0. The number of hydrogen-bond donors (Lipinski definition) is 2. The smallest absolute Gasteiger partial charge is 0.226 e. The monoisotopic (exact) mass is 319 g/mol. The molecule has 0 radical (unpaired) electrons. The minimum absolute atomic E-state index is 0.0375. The molecule has 2 N–H and O–H groups in total. The number of aromatic nitrogens is 2. The van der Waals surface area contributed by atoms with Gasteiger partial charge in [0.05, 0.1) is 12.8 Å². The summed E-state index contributed by atoms with van der Waals surface area (Å²) in [6, 6.07) is 17.8. The second-order valence-corrected chi connectivity index (χ2v) is 5.77. The lowest BCUT2D eigenvalue weighted by Crippen LogP contribution is -2.23. The number of benzene rings is 2. The van der Waals surface area contributed by atoms with Crippen molar-refractivity contribution in [2.45, 2.75) is 12.3 Å². The third kappa shape index (κ3) is 2.34. The zero-order valence-electron chi connectivity index (χ0n) is 13.2. The average molecular weight is 319 g/mol. The van der Waals surface area contributed by atoms with Crippen molar-refractivity contribution in [2.24, 2.45) is 0 Å². The van der Waals surface area contributed by atoms with Crippen molar-refractivity contribution < 1.29 is 9.53 Å². The maximum Gasteiger partial charge on any atom is 0.226 e. The number of H-pyrrole nitrogens is 1. The Morgan fingerprint density at radius 2 is 1.83 bits per heavy atom. The second-order valence-electron chi connectivity index (χ2n) is 5.77. The van der Waals surface area contributed by atoms with Crippen LogP contribution in [0.25, 0.3) is 11.3 Å². The molecule has 24 heavy (non-hydrogen) atoms. The highest BCUT2D eigenvalue weighted by Gasteiger charge is 2.33. The minimum atomic E-state index is -0.0983.